The Morgan fingerprint density at radius 2 is 0.820 bits per heavy atom. The van der Waals surface area contributed by atoms with Gasteiger partial charge in [0.25, 0.3) is 20.0 Å². The van der Waals surface area contributed by atoms with Crippen LogP contribution in [-0.4, -0.2) is 64.9 Å². The van der Waals surface area contributed by atoms with Crippen molar-refractivity contribution < 1.29 is 191 Å². The zero-order valence-electron chi connectivity index (χ0n) is 26.0. The smallest absolute Gasteiger partial charge is 0.871 e. The van der Waals surface area contributed by atoms with Gasteiger partial charge in [-0.3, -0.25) is 9.44 Å². The maximum Gasteiger partial charge on any atom is 1.00 e. The van der Waals surface area contributed by atoms with Crippen molar-refractivity contribution in [3.8, 4) is 11.5 Å². The third-order valence-electron chi connectivity index (χ3n) is 6.03. The van der Waals surface area contributed by atoms with Gasteiger partial charge in [0, 0.05) is 20.6 Å². The number of anilines is 2. The van der Waals surface area contributed by atoms with Gasteiger partial charge in [-0.25, -0.2) is 43.3 Å². The van der Waals surface area contributed by atoms with Crippen molar-refractivity contribution in [2.75, 3.05) is 9.44 Å². The van der Waals surface area contributed by atoms with Crippen molar-refractivity contribution in [2.45, 2.75) is 19.6 Å². The number of fused-ring (bicyclic) bond motifs is 1. The first kappa shape index (κ1) is 49.0. The Morgan fingerprint density at radius 3 is 1.08 bits per heavy atom. The van der Waals surface area contributed by atoms with Crippen LogP contribution in [0.25, 0.3) is 10.8 Å². The fraction of sp³-hybridized carbons (Fsp3) is 0. The molecule has 4 N–H and O–H groups in total. The second-order valence-electron chi connectivity index (χ2n) is 9.04. The van der Waals surface area contributed by atoms with Crippen LogP contribution in [0.3, 0.4) is 0 Å². The molecule has 0 bridgehead atoms. The molecule has 4 rings (SSSR count). The van der Waals surface area contributed by atoms with Crippen molar-refractivity contribution in [3.05, 3.63) is 71.8 Å². The molecular weight excluding hydrogens is 792 g/mol. The topological polar surface area (TPSA) is 327 Å². The van der Waals surface area contributed by atoms with Crippen LogP contribution in [0.4, 0.5) is 11.4 Å². The minimum absolute atomic E-state index is 0. The number of aromatic carboxylic acids is 2. The summed E-state index contributed by atoms with van der Waals surface area (Å²) in [6.07, 6.45) is 0. The van der Waals surface area contributed by atoms with Gasteiger partial charge in [0.15, 0.2) is 0 Å². The fourth-order valence-corrected chi connectivity index (χ4v) is 7.90. The molecule has 0 unspecified atom stereocenters. The molecule has 0 spiro atoms. The van der Waals surface area contributed by atoms with Crippen LogP contribution in [-0.2, 0) is 40.3 Å². The third kappa shape index (κ3) is 10.6. The molecule has 0 heterocycles. The van der Waals surface area contributed by atoms with Gasteiger partial charge < -0.3 is 29.5 Å². The van der Waals surface area contributed by atoms with E-state index >= 15 is 0 Å². The van der Waals surface area contributed by atoms with Crippen LogP contribution in [0, 0.1) is 0 Å². The van der Waals surface area contributed by atoms with Crippen molar-refractivity contribution in [3.63, 3.8) is 0 Å². The molecule has 0 aliphatic heterocycles. The van der Waals surface area contributed by atoms with Crippen LogP contribution in [0.1, 0.15) is 20.7 Å². The maximum absolute atomic E-state index is 13.4. The number of carboxylic acids is 2. The van der Waals surface area contributed by atoms with Crippen LogP contribution in [0.15, 0.2) is 80.2 Å². The largest absolute Gasteiger partial charge is 1.00 e. The summed E-state index contributed by atoms with van der Waals surface area (Å²) in [7, 11) is -20.9. The van der Waals surface area contributed by atoms with Crippen LogP contribution >= 0.6 is 0 Å². The summed E-state index contributed by atoms with van der Waals surface area (Å²) in [5.74, 6) is -7.36. The summed E-state index contributed by atoms with van der Waals surface area (Å²) in [5.41, 5.74) is -4.16. The molecule has 0 aliphatic carbocycles. The summed E-state index contributed by atoms with van der Waals surface area (Å²) in [4.78, 5) is 18.4. The summed E-state index contributed by atoms with van der Waals surface area (Å²) >= 11 is 0. The van der Waals surface area contributed by atoms with Gasteiger partial charge in [-0.2, -0.15) is 0 Å². The number of carboxylic acid groups (broad SMARTS) is 2. The second-order valence-corrected chi connectivity index (χ2v) is 15.0. The molecular formula is C24H14N2Na4O16S4. The maximum atomic E-state index is 13.4. The molecule has 244 valence electrons. The molecule has 0 fully saturated rings. The summed E-state index contributed by atoms with van der Waals surface area (Å²) in [5, 5.41) is 42.1. The Labute approximate surface area is 372 Å². The zero-order valence-corrected chi connectivity index (χ0v) is 37.3. The van der Waals surface area contributed by atoms with E-state index in [-0.39, 0.29) is 129 Å². The average Bonchev–Trinajstić information content (AvgIpc) is 2.92. The number of nitrogens with one attached hydrogen (secondary N) is 2. The number of benzene rings is 4. The number of hydrogen-bond donors (Lipinski definition) is 4. The molecule has 0 saturated carbocycles. The molecule has 4 aromatic rings. The molecule has 50 heavy (non-hydrogen) atoms. The Morgan fingerprint density at radius 1 is 0.520 bits per heavy atom. The van der Waals surface area contributed by atoms with Gasteiger partial charge in [0.05, 0.1) is 32.3 Å². The van der Waals surface area contributed by atoms with Crippen LogP contribution < -0.4 is 138 Å². The Bertz CT molecular complexity index is 2270. The summed E-state index contributed by atoms with van der Waals surface area (Å²) < 4.78 is 126. The monoisotopic (exact) mass is 806 g/mol. The van der Waals surface area contributed by atoms with E-state index < -0.39 is 106 Å². The molecule has 18 nitrogen and oxygen atoms in total. The van der Waals surface area contributed by atoms with Gasteiger partial charge in [-0.15, -0.1) is 0 Å². The Hall–Kier alpha value is -1.00. The van der Waals surface area contributed by atoms with E-state index in [4.69, 9.17) is 0 Å². The summed E-state index contributed by atoms with van der Waals surface area (Å²) in [6.45, 7) is 0. The normalized spacial score (nSPS) is 11.5. The van der Waals surface area contributed by atoms with Gasteiger partial charge in [-0.05, 0) is 36.4 Å². The van der Waals surface area contributed by atoms with Gasteiger partial charge in [0.2, 0.25) is 0 Å². The molecule has 0 amide bonds. The standard InChI is InChI=1S/C24H18N2O16S4.4Na/c27-21-15(23(29)30)7-11(9-19(21)45(37,38)39)25-43(33,34)17-5-1-3-13-14(17)4-2-6-18(13)44(35,36)26-12-8-16(24(31)32)22(28)20(10-12)46(40,41)42;;;;/h1-10,25-28H,(H,29,30)(H,31,32)(H,37,38,39)(H,40,41,42);;;;/q;4*+1/p-4. The van der Waals surface area contributed by atoms with E-state index in [1.807, 2.05) is 9.44 Å². The third-order valence-corrected chi connectivity index (χ3v) is 10.6. The minimum atomic E-state index is -5.57. The quantitative estimate of drug-likeness (QED) is 0.0854. The molecule has 26 heteroatoms. The van der Waals surface area contributed by atoms with Crippen molar-refractivity contribution in [2.24, 2.45) is 0 Å². The number of hydrogen-bond acceptors (Lipinski definition) is 14. The number of rotatable bonds is 10. The second kappa shape index (κ2) is 17.9. The van der Waals surface area contributed by atoms with Gasteiger partial charge >= 0.3 is 130 Å². The molecule has 0 saturated heterocycles. The molecule has 0 aliphatic rings. The number of carbonyl (C=O) groups is 2. The van der Waals surface area contributed by atoms with E-state index in [9.17, 15) is 72.8 Å². The van der Waals surface area contributed by atoms with Crippen LogP contribution in [0.5, 0.6) is 11.5 Å². The van der Waals surface area contributed by atoms with Crippen molar-refractivity contribution in [1.29, 1.82) is 0 Å². The SMILES string of the molecule is O=C(O)c1cc(NS(=O)(=O)c2cccc3c(S(=O)(=O)Nc4cc(C(=O)O)c([O-])c(S(=O)(=O)[O-])c4)cccc23)cc(S(=O)(=O)[O-])c1[O-].[Na+].[Na+].[Na+].[Na+]. The average molecular weight is 807 g/mol. The molecule has 0 atom stereocenters. The van der Waals surface area contributed by atoms with E-state index in [1.165, 1.54) is 0 Å². The van der Waals surface area contributed by atoms with E-state index in [0.717, 1.165) is 36.4 Å². The van der Waals surface area contributed by atoms with Gasteiger partial charge in [-0.1, -0.05) is 35.8 Å². The number of sulfonamides is 2. The summed E-state index contributed by atoms with van der Waals surface area (Å²) in [6, 6.07) is 7.78. The first-order chi connectivity index (χ1) is 21.0. The van der Waals surface area contributed by atoms with Crippen molar-refractivity contribution in [1.82, 2.24) is 0 Å². The van der Waals surface area contributed by atoms with Crippen LogP contribution in [0.2, 0.25) is 0 Å². The molecule has 0 radical (unpaired) electrons. The predicted molar refractivity (Wildman–Crippen MR) is 147 cm³/mol. The van der Waals surface area contributed by atoms with E-state index in [0.29, 0.717) is 24.3 Å². The van der Waals surface area contributed by atoms with Gasteiger partial charge in [0.1, 0.15) is 20.2 Å². The Balaban J connectivity index is 0.00000600. The first-order valence-electron chi connectivity index (χ1n) is 11.7. The Kier molecular flexibility index (Phi) is 17.5. The van der Waals surface area contributed by atoms with Crippen molar-refractivity contribution >= 4 is 74.4 Å². The van der Waals surface area contributed by atoms with E-state index in [1.54, 1.807) is 0 Å². The fourth-order valence-electron chi connectivity index (χ4n) is 4.15. The first-order valence-corrected chi connectivity index (χ1v) is 17.5. The molecule has 0 aromatic heterocycles. The minimum Gasteiger partial charge on any atom is -0.871 e. The predicted octanol–water partition coefficient (Wildman–Crippen LogP) is -12.2. The molecule has 4 aromatic carbocycles. The zero-order chi connectivity index (χ0) is 34.6. The van der Waals surface area contributed by atoms with E-state index in [2.05, 4.69) is 0 Å².